The van der Waals surface area contributed by atoms with Gasteiger partial charge < -0.3 is 4.90 Å². The van der Waals surface area contributed by atoms with Crippen LogP contribution in [0.25, 0.3) is 0 Å². The van der Waals surface area contributed by atoms with Crippen molar-refractivity contribution in [1.82, 2.24) is 4.90 Å². The van der Waals surface area contributed by atoms with E-state index in [9.17, 15) is 0 Å². The van der Waals surface area contributed by atoms with E-state index in [-0.39, 0.29) is 0 Å². The molecule has 0 saturated carbocycles. The van der Waals surface area contributed by atoms with E-state index < -0.39 is 0 Å². The van der Waals surface area contributed by atoms with Gasteiger partial charge in [-0.15, -0.1) is 0 Å². The topological polar surface area (TPSA) is 28.0 Å². The number of rotatable bonds is 1. The Labute approximate surface area is 126 Å². The minimum Gasteiger partial charge on any atom is -0.362 e. The van der Waals surface area contributed by atoms with Crippen LogP contribution in [0, 0.1) is 0 Å². The van der Waals surface area contributed by atoms with Gasteiger partial charge in [0.1, 0.15) is 5.84 Å². The molecule has 2 aromatic rings. The standard InChI is InChI=1S/C16H14BrN3/c1-20(2)16-14-6-4-3-5-13(14)15(19-16)18-12-9-7-11(17)8-10-12/h3-10H,1-2H3. The second-order valence-electron chi connectivity index (χ2n) is 4.79. The molecule has 4 heteroatoms. The molecule has 0 aromatic heterocycles. The summed E-state index contributed by atoms with van der Waals surface area (Å²) in [6, 6.07) is 16.1. The molecule has 1 aliphatic heterocycles. The highest BCUT2D eigenvalue weighted by Crippen LogP contribution is 2.24. The highest BCUT2D eigenvalue weighted by molar-refractivity contribution is 9.10. The van der Waals surface area contributed by atoms with Crippen molar-refractivity contribution in [2.24, 2.45) is 9.98 Å². The number of aliphatic imine (C=N–C) groups is 2. The van der Waals surface area contributed by atoms with Gasteiger partial charge >= 0.3 is 0 Å². The first-order valence-electron chi connectivity index (χ1n) is 6.35. The first-order chi connectivity index (χ1) is 9.65. The highest BCUT2D eigenvalue weighted by Gasteiger charge is 2.22. The van der Waals surface area contributed by atoms with Crippen LogP contribution in [0.5, 0.6) is 0 Å². The Hall–Kier alpha value is -1.94. The number of benzene rings is 2. The van der Waals surface area contributed by atoms with E-state index in [1.54, 1.807) is 0 Å². The van der Waals surface area contributed by atoms with Gasteiger partial charge in [-0.1, -0.05) is 40.2 Å². The quantitative estimate of drug-likeness (QED) is 0.781. The van der Waals surface area contributed by atoms with Crippen LogP contribution in [0.2, 0.25) is 0 Å². The van der Waals surface area contributed by atoms with Crippen LogP contribution < -0.4 is 0 Å². The minimum absolute atomic E-state index is 0.770. The molecule has 0 unspecified atom stereocenters. The predicted octanol–water partition coefficient (Wildman–Crippen LogP) is 3.85. The Kier molecular flexibility index (Phi) is 3.40. The van der Waals surface area contributed by atoms with Crippen molar-refractivity contribution in [2.75, 3.05) is 14.1 Å². The van der Waals surface area contributed by atoms with Crippen LogP contribution >= 0.6 is 15.9 Å². The van der Waals surface area contributed by atoms with Crippen LogP contribution in [0.1, 0.15) is 11.1 Å². The lowest BCUT2D eigenvalue weighted by molar-refractivity contribution is 0.626. The van der Waals surface area contributed by atoms with Gasteiger partial charge in [0.15, 0.2) is 5.84 Å². The van der Waals surface area contributed by atoms with Gasteiger partial charge in [0.25, 0.3) is 0 Å². The molecule has 1 heterocycles. The van der Waals surface area contributed by atoms with E-state index in [1.165, 1.54) is 0 Å². The van der Waals surface area contributed by atoms with Crippen LogP contribution in [0.4, 0.5) is 5.69 Å². The van der Waals surface area contributed by atoms with Gasteiger partial charge in [0.05, 0.1) is 5.69 Å². The monoisotopic (exact) mass is 327 g/mol. The lowest BCUT2D eigenvalue weighted by Gasteiger charge is -2.11. The third kappa shape index (κ3) is 2.39. The van der Waals surface area contributed by atoms with Crippen molar-refractivity contribution in [3.05, 3.63) is 64.1 Å². The second kappa shape index (κ2) is 5.21. The molecule has 0 amide bonds. The molecular formula is C16H14BrN3. The molecule has 1 aliphatic rings. The summed E-state index contributed by atoms with van der Waals surface area (Å²) in [5.41, 5.74) is 3.12. The average molecular weight is 328 g/mol. The minimum atomic E-state index is 0.770. The molecule has 2 aromatic carbocycles. The molecule has 0 spiro atoms. The molecule has 3 rings (SSSR count). The van der Waals surface area contributed by atoms with Crippen LogP contribution in [-0.2, 0) is 0 Å². The fourth-order valence-corrected chi connectivity index (χ4v) is 2.42. The summed E-state index contributed by atoms with van der Waals surface area (Å²) < 4.78 is 1.05. The third-order valence-electron chi connectivity index (χ3n) is 3.11. The van der Waals surface area contributed by atoms with E-state index in [4.69, 9.17) is 0 Å². The number of fused-ring (bicyclic) bond motifs is 1. The molecule has 0 atom stereocenters. The van der Waals surface area contributed by atoms with Crippen molar-refractivity contribution in [3.8, 4) is 0 Å². The molecule has 0 N–H and O–H groups in total. The predicted molar refractivity (Wildman–Crippen MR) is 87.0 cm³/mol. The van der Waals surface area contributed by atoms with Crippen LogP contribution in [-0.4, -0.2) is 30.7 Å². The van der Waals surface area contributed by atoms with Gasteiger partial charge in [-0.05, 0) is 24.3 Å². The van der Waals surface area contributed by atoms with Gasteiger partial charge in [-0.2, -0.15) is 0 Å². The lowest BCUT2D eigenvalue weighted by Crippen LogP contribution is -2.21. The molecule has 100 valence electrons. The first-order valence-corrected chi connectivity index (χ1v) is 7.14. The fourth-order valence-electron chi connectivity index (χ4n) is 2.16. The summed E-state index contributed by atoms with van der Waals surface area (Å²) in [6.45, 7) is 0. The van der Waals surface area contributed by atoms with Gasteiger partial charge in [0.2, 0.25) is 0 Å². The number of hydrogen-bond acceptors (Lipinski definition) is 2. The van der Waals surface area contributed by atoms with Crippen molar-refractivity contribution >= 4 is 33.3 Å². The van der Waals surface area contributed by atoms with Gasteiger partial charge in [-0.25, -0.2) is 9.98 Å². The summed E-state index contributed by atoms with van der Waals surface area (Å²) in [5, 5.41) is 0. The Morgan fingerprint density at radius 2 is 1.60 bits per heavy atom. The second-order valence-corrected chi connectivity index (χ2v) is 5.70. The Morgan fingerprint density at radius 3 is 2.25 bits per heavy atom. The molecule has 0 radical (unpaired) electrons. The van der Waals surface area contributed by atoms with E-state index in [2.05, 4.69) is 38.0 Å². The molecule has 0 bridgehead atoms. The van der Waals surface area contributed by atoms with Crippen molar-refractivity contribution in [3.63, 3.8) is 0 Å². The SMILES string of the molecule is CN(C)C1=NC(=Nc2ccc(Br)cc2)c2ccccc21. The molecule has 0 aliphatic carbocycles. The van der Waals surface area contributed by atoms with Crippen LogP contribution in [0.3, 0.4) is 0 Å². The van der Waals surface area contributed by atoms with Gasteiger partial charge in [0, 0.05) is 29.7 Å². The summed E-state index contributed by atoms with van der Waals surface area (Å²) in [5.74, 6) is 1.73. The van der Waals surface area contributed by atoms with E-state index in [0.29, 0.717) is 0 Å². The summed E-state index contributed by atoms with van der Waals surface area (Å²) >= 11 is 3.43. The maximum atomic E-state index is 4.65. The lowest BCUT2D eigenvalue weighted by atomic mass is 10.1. The summed E-state index contributed by atoms with van der Waals surface area (Å²) in [7, 11) is 4.00. The molecule has 20 heavy (non-hydrogen) atoms. The Balaban J connectivity index is 2.08. The zero-order valence-corrected chi connectivity index (χ0v) is 12.9. The zero-order valence-electron chi connectivity index (χ0n) is 11.3. The summed E-state index contributed by atoms with van der Waals surface area (Å²) in [4.78, 5) is 11.3. The molecule has 0 saturated heterocycles. The zero-order chi connectivity index (χ0) is 14.1. The third-order valence-corrected chi connectivity index (χ3v) is 3.63. The Bertz CT molecular complexity index is 700. The van der Waals surface area contributed by atoms with E-state index in [1.807, 2.05) is 55.4 Å². The van der Waals surface area contributed by atoms with Crippen LogP contribution in [0.15, 0.2) is 63.0 Å². The number of hydrogen-bond donors (Lipinski definition) is 0. The number of nitrogens with zero attached hydrogens (tertiary/aromatic N) is 3. The van der Waals surface area contributed by atoms with Crippen molar-refractivity contribution < 1.29 is 0 Å². The highest BCUT2D eigenvalue weighted by atomic mass is 79.9. The molecule has 0 fully saturated rings. The number of amidine groups is 2. The summed E-state index contributed by atoms with van der Waals surface area (Å²) in [6.07, 6.45) is 0. The smallest absolute Gasteiger partial charge is 0.162 e. The van der Waals surface area contributed by atoms with Gasteiger partial charge in [-0.3, -0.25) is 0 Å². The first kappa shape index (κ1) is 13.1. The largest absolute Gasteiger partial charge is 0.362 e. The molecular weight excluding hydrogens is 314 g/mol. The maximum Gasteiger partial charge on any atom is 0.162 e. The fraction of sp³-hybridized carbons (Fsp3) is 0.125. The van der Waals surface area contributed by atoms with E-state index >= 15 is 0 Å². The molecule has 3 nitrogen and oxygen atoms in total. The Morgan fingerprint density at radius 1 is 0.950 bits per heavy atom. The average Bonchev–Trinajstić information content (AvgIpc) is 2.81. The maximum absolute atomic E-state index is 4.65. The normalized spacial score (nSPS) is 15.2. The van der Waals surface area contributed by atoms with Crippen molar-refractivity contribution in [1.29, 1.82) is 0 Å². The number of halogens is 1. The van der Waals surface area contributed by atoms with Crippen molar-refractivity contribution in [2.45, 2.75) is 0 Å². The van der Waals surface area contributed by atoms with E-state index in [0.717, 1.165) is 33.0 Å².